The lowest BCUT2D eigenvalue weighted by atomic mass is 10.2. The van der Waals surface area contributed by atoms with E-state index in [1.165, 1.54) is 13.3 Å². The topological polar surface area (TPSA) is 98.3 Å². The first-order valence-electron chi connectivity index (χ1n) is 10.9. The molecule has 3 aromatic rings. The zero-order valence-corrected chi connectivity index (χ0v) is 20.7. The molecule has 186 valence electrons. The van der Waals surface area contributed by atoms with Crippen molar-refractivity contribution in [3.63, 3.8) is 0 Å². The van der Waals surface area contributed by atoms with Gasteiger partial charge in [-0.1, -0.05) is 30.3 Å². The van der Waals surface area contributed by atoms with Crippen LogP contribution < -0.4 is 25.0 Å². The minimum Gasteiger partial charge on any atom is -0.493 e. The number of hydrogen-bond donors (Lipinski definition) is 2. The Bertz CT molecular complexity index is 1260. The molecule has 8 nitrogen and oxygen atoms in total. The van der Waals surface area contributed by atoms with Gasteiger partial charge in [0.05, 0.1) is 13.3 Å². The molecule has 0 radical (unpaired) electrons. The Hall–Kier alpha value is -4.30. The van der Waals surface area contributed by atoms with Gasteiger partial charge in [0.15, 0.2) is 18.1 Å². The Kier molecular flexibility index (Phi) is 9.48. The second-order valence-electron chi connectivity index (χ2n) is 7.53. The van der Waals surface area contributed by atoms with E-state index in [4.69, 9.17) is 25.8 Å². The van der Waals surface area contributed by atoms with Gasteiger partial charge in [-0.2, -0.15) is 5.10 Å². The molecule has 0 aliphatic carbocycles. The molecule has 0 atom stereocenters. The molecular formula is C27H26ClN3O5. The first-order valence-corrected chi connectivity index (χ1v) is 11.3. The third-order valence-corrected chi connectivity index (χ3v) is 5.28. The van der Waals surface area contributed by atoms with E-state index in [-0.39, 0.29) is 12.5 Å². The molecule has 0 aromatic heterocycles. The van der Waals surface area contributed by atoms with Crippen molar-refractivity contribution in [3.05, 3.63) is 95.0 Å². The van der Waals surface area contributed by atoms with Crippen LogP contribution in [0.2, 0.25) is 5.02 Å². The summed E-state index contributed by atoms with van der Waals surface area (Å²) >= 11 is 6.07. The molecule has 0 unspecified atom stereocenters. The molecule has 0 aliphatic heterocycles. The Morgan fingerprint density at radius 2 is 1.81 bits per heavy atom. The smallest absolute Gasteiger partial charge is 0.271 e. The van der Waals surface area contributed by atoms with Gasteiger partial charge in [0.25, 0.3) is 11.8 Å². The van der Waals surface area contributed by atoms with Crippen LogP contribution in [0.15, 0.2) is 78.4 Å². The van der Waals surface area contributed by atoms with Gasteiger partial charge < -0.3 is 19.5 Å². The number of aryl methyl sites for hydroxylation is 1. The number of amides is 2. The number of nitrogens with one attached hydrogen (secondary N) is 2. The first kappa shape index (κ1) is 26.3. The van der Waals surface area contributed by atoms with E-state index in [0.717, 1.165) is 11.1 Å². The number of hydrogen-bond acceptors (Lipinski definition) is 6. The van der Waals surface area contributed by atoms with Crippen LogP contribution in [-0.2, 0) is 4.79 Å². The number of nitrogens with zero attached hydrogens (tertiary/aromatic N) is 1. The van der Waals surface area contributed by atoms with Gasteiger partial charge >= 0.3 is 0 Å². The quantitative estimate of drug-likeness (QED) is 0.216. The highest BCUT2D eigenvalue weighted by Gasteiger charge is 2.11. The fraction of sp³-hybridized carbons (Fsp3) is 0.148. The van der Waals surface area contributed by atoms with Crippen LogP contribution in [0.3, 0.4) is 0 Å². The predicted molar refractivity (Wildman–Crippen MR) is 141 cm³/mol. The maximum absolute atomic E-state index is 12.4. The lowest BCUT2D eigenvalue weighted by Crippen LogP contribution is -2.20. The van der Waals surface area contributed by atoms with Crippen LogP contribution in [0.25, 0.3) is 0 Å². The highest BCUT2D eigenvalue weighted by Crippen LogP contribution is 2.28. The second kappa shape index (κ2) is 13.0. The summed E-state index contributed by atoms with van der Waals surface area (Å²) in [4.78, 5) is 24.5. The predicted octanol–water partition coefficient (Wildman–Crippen LogP) is 5.00. The van der Waals surface area contributed by atoms with Gasteiger partial charge in [0.1, 0.15) is 12.4 Å². The van der Waals surface area contributed by atoms with Crippen molar-refractivity contribution in [2.24, 2.45) is 5.10 Å². The van der Waals surface area contributed by atoms with Crippen LogP contribution in [0.5, 0.6) is 17.2 Å². The number of carbonyl (C=O) groups is 2. The maximum Gasteiger partial charge on any atom is 0.271 e. The molecule has 3 aromatic carbocycles. The third-order valence-electron chi connectivity index (χ3n) is 4.87. The Labute approximate surface area is 214 Å². The van der Waals surface area contributed by atoms with E-state index in [9.17, 15) is 9.59 Å². The Morgan fingerprint density at radius 3 is 2.50 bits per heavy atom. The van der Waals surface area contributed by atoms with E-state index in [1.54, 1.807) is 60.7 Å². The monoisotopic (exact) mass is 507 g/mol. The van der Waals surface area contributed by atoms with Crippen LogP contribution >= 0.6 is 11.6 Å². The van der Waals surface area contributed by atoms with Gasteiger partial charge in [-0.25, -0.2) is 5.43 Å². The number of rotatable bonds is 11. The minimum atomic E-state index is -0.402. The Morgan fingerprint density at radius 1 is 1.03 bits per heavy atom. The lowest BCUT2D eigenvalue weighted by molar-refractivity contribution is -0.118. The zero-order valence-electron chi connectivity index (χ0n) is 19.9. The number of methoxy groups -OCH3 is 1. The number of ether oxygens (including phenoxy) is 3. The van der Waals surface area contributed by atoms with Crippen molar-refractivity contribution in [1.29, 1.82) is 0 Å². The molecule has 3 rings (SSSR count). The fourth-order valence-electron chi connectivity index (χ4n) is 2.97. The summed E-state index contributed by atoms with van der Waals surface area (Å²) in [6.07, 6.45) is 3.11. The van der Waals surface area contributed by atoms with Crippen LogP contribution in [0.1, 0.15) is 21.5 Å². The van der Waals surface area contributed by atoms with Crippen LogP contribution in [0, 0.1) is 6.92 Å². The zero-order chi connectivity index (χ0) is 25.9. The molecule has 36 heavy (non-hydrogen) atoms. The molecule has 0 bridgehead atoms. The van der Waals surface area contributed by atoms with Gasteiger partial charge in [-0.15, -0.1) is 0 Å². The first-order chi connectivity index (χ1) is 17.4. The highest BCUT2D eigenvalue weighted by molar-refractivity contribution is 6.31. The van der Waals surface area contributed by atoms with Gasteiger partial charge in [-0.3, -0.25) is 9.59 Å². The third kappa shape index (κ3) is 7.61. The normalized spacial score (nSPS) is 10.5. The molecule has 9 heteroatoms. The summed E-state index contributed by atoms with van der Waals surface area (Å²) in [6, 6.07) is 17.0. The fourth-order valence-corrected chi connectivity index (χ4v) is 3.15. The number of hydrazone groups is 1. The number of carbonyl (C=O) groups excluding carboxylic acids is 2. The maximum atomic E-state index is 12.4. The molecule has 0 aliphatic rings. The number of anilines is 1. The van der Waals surface area contributed by atoms with E-state index in [0.29, 0.717) is 40.1 Å². The van der Waals surface area contributed by atoms with Crippen molar-refractivity contribution in [2.75, 3.05) is 25.6 Å². The van der Waals surface area contributed by atoms with Gasteiger partial charge in [-0.05, 0) is 72.6 Å². The molecule has 2 N–H and O–H groups in total. The molecule has 2 amide bonds. The molecule has 0 fully saturated rings. The standard InChI is InChI=1S/C27H26ClN3O5/c1-4-13-35-24-12-8-20(14-25(24)34-3)27(33)31-29-16-19-6-10-22(11-7-19)36-17-26(32)30-21-9-5-18(2)23(28)15-21/h4-12,14-16H,1,13,17H2,2-3H3,(H,30,32)(H,31,33)/b29-16+. The summed E-state index contributed by atoms with van der Waals surface area (Å²) in [6.45, 7) is 5.66. The lowest BCUT2D eigenvalue weighted by Gasteiger charge is -2.10. The van der Waals surface area contributed by atoms with Crippen molar-refractivity contribution in [2.45, 2.75) is 6.92 Å². The number of halogens is 1. The average Bonchev–Trinajstić information content (AvgIpc) is 2.89. The summed E-state index contributed by atoms with van der Waals surface area (Å²) in [5, 5.41) is 7.30. The summed E-state index contributed by atoms with van der Waals surface area (Å²) < 4.78 is 16.3. The van der Waals surface area contributed by atoms with Crippen LogP contribution in [-0.4, -0.2) is 38.4 Å². The van der Waals surface area contributed by atoms with E-state index >= 15 is 0 Å². The largest absolute Gasteiger partial charge is 0.493 e. The Balaban J connectivity index is 1.49. The van der Waals surface area contributed by atoms with Crippen molar-refractivity contribution >= 4 is 35.3 Å². The molecular weight excluding hydrogens is 482 g/mol. The molecule has 0 heterocycles. The molecule has 0 saturated heterocycles. The van der Waals surface area contributed by atoms with Crippen molar-refractivity contribution in [1.82, 2.24) is 5.43 Å². The highest BCUT2D eigenvalue weighted by atomic mass is 35.5. The van der Waals surface area contributed by atoms with Gasteiger partial charge in [0.2, 0.25) is 0 Å². The van der Waals surface area contributed by atoms with E-state index in [1.807, 2.05) is 13.0 Å². The molecule has 0 saturated carbocycles. The average molecular weight is 508 g/mol. The number of benzene rings is 3. The van der Waals surface area contributed by atoms with Crippen LogP contribution in [0.4, 0.5) is 5.69 Å². The summed E-state index contributed by atoms with van der Waals surface area (Å²) in [5.41, 5.74) is 5.09. The van der Waals surface area contributed by atoms with Gasteiger partial charge in [0, 0.05) is 16.3 Å². The van der Waals surface area contributed by atoms with E-state index in [2.05, 4.69) is 22.4 Å². The minimum absolute atomic E-state index is 0.157. The molecule has 0 spiro atoms. The summed E-state index contributed by atoms with van der Waals surface area (Å²) in [7, 11) is 1.50. The summed E-state index contributed by atoms with van der Waals surface area (Å²) in [5.74, 6) is 0.747. The van der Waals surface area contributed by atoms with Crippen molar-refractivity contribution in [3.8, 4) is 17.2 Å². The van der Waals surface area contributed by atoms with Crippen molar-refractivity contribution < 1.29 is 23.8 Å². The van der Waals surface area contributed by atoms with E-state index < -0.39 is 5.91 Å². The SMILES string of the molecule is C=CCOc1ccc(C(=O)N/N=C/c2ccc(OCC(=O)Nc3ccc(C)c(Cl)c3)cc2)cc1OC. The second-order valence-corrected chi connectivity index (χ2v) is 7.94.